The van der Waals surface area contributed by atoms with Crippen molar-refractivity contribution in [3.05, 3.63) is 23.8 Å². The Morgan fingerprint density at radius 3 is 2.75 bits per heavy atom. The first-order valence-electron chi connectivity index (χ1n) is 7.18. The number of unbranched alkanes of at least 4 members (excludes halogenated alkanes) is 3. The van der Waals surface area contributed by atoms with Gasteiger partial charge in [0.25, 0.3) is 0 Å². The molecule has 0 saturated heterocycles. The molecule has 1 aliphatic rings. The first-order valence-corrected chi connectivity index (χ1v) is 10.7. The summed E-state index contributed by atoms with van der Waals surface area (Å²) in [7, 11) is -1.46. The molecule has 1 aromatic rings. The summed E-state index contributed by atoms with van der Waals surface area (Å²) in [4.78, 5) is 0. The molecule has 0 bridgehead atoms. The van der Waals surface area contributed by atoms with E-state index < -0.39 is 13.2 Å². The van der Waals surface area contributed by atoms with E-state index in [0.29, 0.717) is 6.61 Å². The smallest absolute Gasteiger partial charge is 0.307 e. The minimum Gasteiger partial charge on any atom is -0.462 e. The number of fused-ring (bicyclic) bond motifs is 1. The summed E-state index contributed by atoms with van der Waals surface area (Å²) in [5.41, 5.74) is 1.04. The monoisotopic (exact) mass is 331 g/mol. The predicted molar refractivity (Wildman–Crippen MR) is 86.1 cm³/mol. The predicted octanol–water partition coefficient (Wildman–Crippen LogP) is 4.46. The van der Waals surface area contributed by atoms with Gasteiger partial charge in [-0.25, -0.2) is 0 Å². The summed E-state index contributed by atoms with van der Waals surface area (Å²) in [6.45, 7) is 4.80. The number of rotatable bonds is 6. The Balaban J connectivity index is 1.99. The van der Waals surface area contributed by atoms with Crippen molar-refractivity contribution in [3.8, 4) is 5.75 Å². The van der Waals surface area contributed by atoms with E-state index in [-0.39, 0.29) is 0 Å². The zero-order valence-corrected chi connectivity index (χ0v) is 14.6. The van der Waals surface area contributed by atoms with Crippen LogP contribution < -0.4 is 9.92 Å². The molecule has 1 atom stereocenters. The Bertz CT molecular complexity index is 453. The van der Waals surface area contributed by atoms with Crippen molar-refractivity contribution in [2.24, 2.45) is 0 Å². The molecule has 0 N–H and O–H groups in total. The van der Waals surface area contributed by atoms with Crippen LogP contribution in [0.4, 0.5) is 0 Å². The summed E-state index contributed by atoms with van der Waals surface area (Å²) in [5.74, 6) is 0.396. The van der Waals surface area contributed by atoms with E-state index in [2.05, 4.69) is 6.92 Å². The maximum absolute atomic E-state index is 6.04. The third kappa shape index (κ3) is 4.14. The van der Waals surface area contributed by atoms with Gasteiger partial charge in [0.15, 0.2) is 0 Å². The zero-order chi connectivity index (χ0) is 14.6. The van der Waals surface area contributed by atoms with Crippen LogP contribution in [0.1, 0.15) is 51.5 Å². The molecule has 0 saturated carbocycles. The van der Waals surface area contributed by atoms with Gasteiger partial charge in [-0.1, -0.05) is 38.3 Å². The second kappa shape index (κ2) is 7.17. The van der Waals surface area contributed by atoms with Gasteiger partial charge in [-0.2, -0.15) is 0 Å². The minimum absolute atomic E-state index is 0.502. The van der Waals surface area contributed by atoms with E-state index in [9.17, 15) is 0 Å². The molecule has 111 valence electrons. The van der Waals surface area contributed by atoms with Crippen LogP contribution in [0.3, 0.4) is 0 Å². The molecule has 0 aliphatic carbocycles. The van der Waals surface area contributed by atoms with Crippen molar-refractivity contribution in [1.82, 2.24) is 0 Å². The molecule has 0 amide bonds. The molecule has 20 heavy (non-hydrogen) atoms. The Kier molecular flexibility index (Phi) is 5.79. The van der Waals surface area contributed by atoms with Gasteiger partial charge in [0.05, 0.1) is 6.61 Å². The molecular weight excluding hydrogens is 311 g/mol. The van der Waals surface area contributed by atoms with Crippen LogP contribution in [0.15, 0.2) is 18.2 Å². The molecule has 0 aromatic heterocycles. The lowest BCUT2D eigenvalue weighted by Crippen LogP contribution is -2.39. The molecule has 1 aromatic carbocycles. The molecule has 0 spiro atoms. The van der Waals surface area contributed by atoms with Crippen molar-refractivity contribution in [2.45, 2.75) is 58.3 Å². The zero-order valence-electron chi connectivity index (χ0n) is 12.0. The maximum Gasteiger partial charge on any atom is 0.307 e. The van der Waals surface area contributed by atoms with Gasteiger partial charge in [0.1, 0.15) is 5.75 Å². The largest absolute Gasteiger partial charge is 0.462 e. The number of halogens is 2. The summed E-state index contributed by atoms with van der Waals surface area (Å²) in [5, 5.41) is 0.982. The Labute approximate surface area is 132 Å². The topological polar surface area (TPSA) is 18.5 Å². The first-order chi connectivity index (χ1) is 9.54. The van der Waals surface area contributed by atoms with Crippen LogP contribution in [-0.2, 0) is 11.3 Å². The average molecular weight is 332 g/mol. The highest BCUT2D eigenvalue weighted by Gasteiger charge is 2.32. The van der Waals surface area contributed by atoms with Crippen molar-refractivity contribution in [1.29, 1.82) is 0 Å². The fourth-order valence-corrected chi connectivity index (χ4v) is 3.60. The van der Waals surface area contributed by atoms with E-state index in [4.69, 9.17) is 31.6 Å². The third-order valence-corrected chi connectivity index (χ3v) is 5.68. The Morgan fingerprint density at radius 2 is 2.05 bits per heavy atom. The fourth-order valence-electron chi connectivity index (χ4n) is 2.40. The van der Waals surface area contributed by atoms with E-state index in [0.717, 1.165) is 29.3 Å². The van der Waals surface area contributed by atoms with E-state index in [1.165, 1.54) is 19.3 Å². The number of hydrogen-bond donors (Lipinski definition) is 0. The second-order valence-corrected chi connectivity index (χ2v) is 9.36. The molecule has 1 heterocycles. The quantitative estimate of drug-likeness (QED) is 0.435. The summed E-state index contributed by atoms with van der Waals surface area (Å²) in [6, 6.07) is 5.92. The first kappa shape index (κ1) is 16.2. The van der Waals surface area contributed by atoms with Crippen LogP contribution >= 0.6 is 22.2 Å². The van der Waals surface area contributed by atoms with Crippen LogP contribution in [0.2, 0.25) is 0 Å². The van der Waals surface area contributed by atoms with E-state index in [1.54, 1.807) is 0 Å². The molecule has 1 aliphatic heterocycles. The van der Waals surface area contributed by atoms with E-state index in [1.807, 2.05) is 25.1 Å². The molecule has 2 rings (SSSR count). The molecule has 1 radical (unpaired) electrons. The van der Waals surface area contributed by atoms with Crippen molar-refractivity contribution >= 4 is 34.8 Å². The van der Waals surface area contributed by atoms with Crippen LogP contribution in [-0.4, -0.2) is 13.2 Å². The fraction of sp³-hybridized carbons (Fsp3) is 0.600. The van der Waals surface area contributed by atoms with Crippen LogP contribution in [0, 0.1) is 0 Å². The van der Waals surface area contributed by atoms with Gasteiger partial charge in [-0.15, -0.1) is 22.2 Å². The summed E-state index contributed by atoms with van der Waals surface area (Å²) < 4.78 is 11.9. The summed E-state index contributed by atoms with van der Waals surface area (Å²) in [6.07, 6.45) is 5.80. The van der Waals surface area contributed by atoms with Crippen LogP contribution in [0.25, 0.3) is 0 Å². The van der Waals surface area contributed by atoms with Gasteiger partial charge < -0.3 is 9.47 Å². The lowest BCUT2D eigenvalue weighted by atomic mass is 10.1. The van der Waals surface area contributed by atoms with Crippen LogP contribution in [0.5, 0.6) is 5.75 Å². The highest BCUT2D eigenvalue weighted by molar-refractivity contribution is 7.39. The normalized spacial score (nSPS) is 21.6. The molecular formula is C15H21Cl2O2Si. The van der Waals surface area contributed by atoms with Gasteiger partial charge in [-0.3, -0.25) is 0 Å². The number of ether oxygens (including phenoxy) is 2. The molecule has 1 unspecified atom stereocenters. The van der Waals surface area contributed by atoms with Gasteiger partial charge in [0.2, 0.25) is 5.79 Å². The SMILES string of the molecule is CCCCCCC1(C)OCc2cc([Si](Cl)Cl)ccc2O1. The van der Waals surface area contributed by atoms with Gasteiger partial charge >= 0.3 is 7.42 Å². The molecule has 2 nitrogen and oxygen atoms in total. The second-order valence-electron chi connectivity index (χ2n) is 5.42. The molecule has 5 heteroatoms. The van der Waals surface area contributed by atoms with Gasteiger partial charge in [0, 0.05) is 18.9 Å². The van der Waals surface area contributed by atoms with Crippen molar-refractivity contribution in [2.75, 3.05) is 0 Å². The summed E-state index contributed by atoms with van der Waals surface area (Å²) >= 11 is 12.0. The lowest BCUT2D eigenvalue weighted by molar-refractivity contribution is -0.198. The average Bonchev–Trinajstić information content (AvgIpc) is 2.43. The third-order valence-electron chi connectivity index (χ3n) is 3.62. The number of benzene rings is 1. The maximum atomic E-state index is 6.04. The number of hydrogen-bond acceptors (Lipinski definition) is 2. The highest BCUT2D eigenvalue weighted by Crippen LogP contribution is 2.33. The minimum atomic E-state index is -1.46. The Hall–Kier alpha value is -0.223. The standard InChI is InChI=1S/C15H21Cl2O2Si/c1-3-4-5-6-9-15(2)18-11-12-10-13(20(16)17)7-8-14(12)19-15/h7-8,10H,3-6,9,11H2,1-2H3. The lowest BCUT2D eigenvalue weighted by Gasteiger charge is -2.36. The molecule has 0 fully saturated rings. The Morgan fingerprint density at radius 1 is 1.25 bits per heavy atom. The van der Waals surface area contributed by atoms with Gasteiger partial charge in [-0.05, 0) is 17.7 Å². The van der Waals surface area contributed by atoms with E-state index >= 15 is 0 Å². The highest BCUT2D eigenvalue weighted by atomic mass is 35.7. The van der Waals surface area contributed by atoms with Crippen molar-refractivity contribution in [3.63, 3.8) is 0 Å². The van der Waals surface area contributed by atoms with Crippen molar-refractivity contribution < 1.29 is 9.47 Å².